The Labute approximate surface area is 84.5 Å². The molecule has 1 aromatic carbocycles. The Balaban J connectivity index is 2.41. The Morgan fingerprint density at radius 3 is 2.57 bits per heavy atom. The molecule has 1 saturated carbocycles. The van der Waals surface area contributed by atoms with Crippen LogP contribution in [0.2, 0.25) is 0 Å². The SMILES string of the molecule is C=Cc1ccccc1C1(C)CC(=O)C1. The van der Waals surface area contributed by atoms with Crippen LogP contribution in [0.15, 0.2) is 30.8 Å². The molecule has 0 spiro atoms. The van der Waals surface area contributed by atoms with Crippen LogP contribution >= 0.6 is 0 Å². The van der Waals surface area contributed by atoms with Gasteiger partial charge in [0.05, 0.1) is 0 Å². The number of carbonyl (C=O) groups excluding carboxylic acids is 1. The first kappa shape index (κ1) is 9.20. The fourth-order valence-electron chi connectivity index (χ4n) is 2.23. The van der Waals surface area contributed by atoms with Gasteiger partial charge in [0, 0.05) is 18.3 Å². The minimum absolute atomic E-state index is 0.0574. The quantitative estimate of drug-likeness (QED) is 0.694. The van der Waals surface area contributed by atoms with Crippen LogP contribution in [-0.2, 0) is 10.2 Å². The van der Waals surface area contributed by atoms with E-state index in [-0.39, 0.29) is 5.41 Å². The zero-order valence-corrected chi connectivity index (χ0v) is 8.42. The second-order valence-corrected chi connectivity index (χ2v) is 4.24. The average molecular weight is 186 g/mol. The maximum Gasteiger partial charge on any atom is 0.134 e. The van der Waals surface area contributed by atoms with E-state index >= 15 is 0 Å². The van der Waals surface area contributed by atoms with Crippen molar-refractivity contribution in [2.75, 3.05) is 0 Å². The Morgan fingerprint density at radius 2 is 2.00 bits per heavy atom. The number of benzene rings is 1. The number of hydrogen-bond donors (Lipinski definition) is 0. The molecule has 2 rings (SSSR count). The molecule has 0 amide bonds. The summed E-state index contributed by atoms with van der Waals surface area (Å²) in [7, 11) is 0. The number of Topliss-reactive ketones (excluding diaryl/α,β-unsaturated/α-hetero) is 1. The van der Waals surface area contributed by atoms with Crippen molar-refractivity contribution < 1.29 is 4.79 Å². The van der Waals surface area contributed by atoms with Gasteiger partial charge in [-0.3, -0.25) is 4.79 Å². The van der Waals surface area contributed by atoms with Gasteiger partial charge in [-0.05, 0) is 11.1 Å². The molecule has 0 N–H and O–H groups in total. The molecule has 1 heteroatoms. The summed E-state index contributed by atoms with van der Waals surface area (Å²) in [6.07, 6.45) is 3.22. The molecule has 0 heterocycles. The van der Waals surface area contributed by atoms with Crippen LogP contribution in [0.4, 0.5) is 0 Å². The molecular weight excluding hydrogens is 172 g/mol. The smallest absolute Gasteiger partial charge is 0.134 e. The molecule has 72 valence electrons. The molecule has 0 unspecified atom stereocenters. The molecule has 1 aromatic rings. The van der Waals surface area contributed by atoms with Gasteiger partial charge < -0.3 is 0 Å². The number of ketones is 1. The van der Waals surface area contributed by atoms with Crippen molar-refractivity contribution in [1.29, 1.82) is 0 Å². The predicted molar refractivity (Wildman–Crippen MR) is 58.1 cm³/mol. The highest BCUT2D eigenvalue weighted by atomic mass is 16.1. The maximum absolute atomic E-state index is 11.1. The first-order chi connectivity index (χ1) is 6.65. The van der Waals surface area contributed by atoms with E-state index in [1.165, 1.54) is 5.56 Å². The lowest BCUT2D eigenvalue weighted by atomic mass is 9.64. The Kier molecular flexibility index (Phi) is 2.03. The van der Waals surface area contributed by atoms with E-state index in [2.05, 4.69) is 25.6 Å². The Morgan fingerprint density at radius 1 is 1.36 bits per heavy atom. The summed E-state index contributed by atoms with van der Waals surface area (Å²) in [5, 5.41) is 0. The highest BCUT2D eigenvalue weighted by Crippen LogP contribution is 2.42. The monoisotopic (exact) mass is 186 g/mol. The van der Waals surface area contributed by atoms with E-state index in [0.717, 1.165) is 5.56 Å². The maximum atomic E-state index is 11.1. The normalized spacial score (nSPS) is 18.8. The van der Waals surface area contributed by atoms with Crippen molar-refractivity contribution in [3.63, 3.8) is 0 Å². The highest BCUT2D eigenvalue weighted by Gasteiger charge is 2.41. The second kappa shape index (κ2) is 3.09. The van der Waals surface area contributed by atoms with Crippen molar-refractivity contribution in [3.8, 4) is 0 Å². The molecule has 14 heavy (non-hydrogen) atoms. The van der Waals surface area contributed by atoms with Crippen molar-refractivity contribution in [3.05, 3.63) is 42.0 Å². The lowest BCUT2D eigenvalue weighted by Crippen LogP contribution is -2.39. The molecule has 0 aromatic heterocycles. The van der Waals surface area contributed by atoms with Gasteiger partial charge >= 0.3 is 0 Å². The number of hydrogen-bond acceptors (Lipinski definition) is 1. The van der Waals surface area contributed by atoms with Gasteiger partial charge in [0.15, 0.2) is 0 Å². The van der Waals surface area contributed by atoms with E-state index in [1.807, 2.05) is 18.2 Å². The molecule has 0 bridgehead atoms. The summed E-state index contributed by atoms with van der Waals surface area (Å²) in [4.78, 5) is 11.1. The van der Waals surface area contributed by atoms with Gasteiger partial charge in [-0.2, -0.15) is 0 Å². The second-order valence-electron chi connectivity index (χ2n) is 4.24. The van der Waals surface area contributed by atoms with Crippen molar-refractivity contribution in [2.24, 2.45) is 0 Å². The molecule has 1 aliphatic carbocycles. The number of carbonyl (C=O) groups is 1. The van der Waals surface area contributed by atoms with E-state index in [1.54, 1.807) is 0 Å². The van der Waals surface area contributed by atoms with Crippen molar-refractivity contribution in [1.82, 2.24) is 0 Å². The van der Waals surface area contributed by atoms with Gasteiger partial charge in [0.25, 0.3) is 0 Å². The first-order valence-electron chi connectivity index (χ1n) is 4.89. The average Bonchev–Trinajstić information content (AvgIpc) is 2.15. The molecule has 1 nitrogen and oxygen atoms in total. The van der Waals surface area contributed by atoms with Gasteiger partial charge in [-0.15, -0.1) is 0 Å². The fourth-order valence-corrected chi connectivity index (χ4v) is 2.23. The zero-order valence-electron chi connectivity index (χ0n) is 8.42. The first-order valence-corrected chi connectivity index (χ1v) is 4.89. The van der Waals surface area contributed by atoms with E-state index in [9.17, 15) is 4.79 Å². The van der Waals surface area contributed by atoms with Crippen LogP contribution in [-0.4, -0.2) is 5.78 Å². The van der Waals surface area contributed by atoms with Crippen LogP contribution in [0.1, 0.15) is 30.9 Å². The van der Waals surface area contributed by atoms with Crippen LogP contribution in [0.25, 0.3) is 6.08 Å². The third-order valence-corrected chi connectivity index (χ3v) is 3.01. The standard InChI is InChI=1S/C13H14O/c1-3-10-6-4-5-7-12(10)13(2)8-11(14)9-13/h3-7H,1,8-9H2,2H3. The number of rotatable bonds is 2. The predicted octanol–water partition coefficient (Wildman–Crippen LogP) is 2.95. The largest absolute Gasteiger partial charge is 0.300 e. The lowest BCUT2D eigenvalue weighted by molar-refractivity contribution is -0.127. The summed E-state index contributed by atoms with van der Waals surface area (Å²) >= 11 is 0. The summed E-state index contributed by atoms with van der Waals surface area (Å²) in [6, 6.07) is 8.18. The van der Waals surface area contributed by atoms with Gasteiger partial charge in [-0.1, -0.05) is 43.8 Å². The minimum Gasteiger partial charge on any atom is -0.300 e. The molecule has 0 radical (unpaired) electrons. The third-order valence-electron chi connectivity index (χ3n) is 3.01. The van der Waals surface area contributed by atoms with Crippen LogP contribution in [0.5, 0.6) is 0 Å². The molecule has 1 aliphatic rings. The van der Waals surface area contributed by atoms with E-state index in [0.29, 0.717) is 18.6 Å². The lowest BCUT2D eigenvalue weighted by Gasteiger charge is -2.38. The molecule has 0 aliphatic heterocycles. The van der Waals surface area contributed by atoms with Crippen molar-refractivity contribution >= 4 is 11.9 Å². The summed E-state index contributed by atoms with van der Waals surface area (Å²) in [5.41, 5.74) is 2.47. The zero-order chi connectivity index (χ0) is 10.2. The fraction of sp³-hybridized carbons (Fsp3) is 0.308. The molecule has 0 saturated heterocycles. The minimum atomic E-state index is 0.0574. The van der Waals surface area contributed by atoms with Gasteiger partial charge in [0.1, 0.15) is 5.78 Å². The third kappa shape index (κ3) is 1.29. The highest BCUT2D eigenvalue weighted by molar-refractivity contribution is 5.88. The summed E-state index contributed by atoms with van der Waals surface area (Å²) < 4.78 is 0. The van der Waals surface area contributed by atoms with Crippen LogP contribution in [0.3, 0.4) is 0 Å². The van der Waals surface area contributed by atoms with E-state index < -0.39 is 0 Å². The molecular formula is C13H14O. The summed E-state index contributed by atoms with van der Waals surface area (Å²) in [6.45, 7) is 5.95. The van der Waals surface area contributed by atoms with Gasteiger partial charge in [-0.25, -0.2) is 0 Å². The van der Waals surface area contributed by atoms with Gasteiger partial charge in [0.2, 0.25) is 0 Å². The molecule has 1 fully saturated rings. The van der Waals surface area contributed by atoms with Crippen molar-refractivity contribution in [2.45, 2.75) is 25.2 Å². The topological polar surface area (TPSA) is 17.1 Å². The van der Waals surface area contributed by atoms with Crippen LogP contribution < -0.4 is 0 Å². The van der Waals surface area contributed by atoms with Crippen LogP contribution in [0, 0.1) is 0 Å². The van der Waals surface area contributed by atoms with E-state index in [4.69, 9.17) is 0 Å². The Bertz CT molecular complexity index is 382. The molecule has 0 atom stereocenters. The Hall–Kier alpha value is -1.37. The summed E-state index contributed by atoms with van der Waals surface area (Å²) in [5.74, 6) is 0.367.